The molecule has 0 atom stereocenters. The number of fused-ring (bicyclic) bond motifs is 1. The van der Waals surface area contributed by atoms with Crippen LogP contribution in [-0.2, 0) is 6.54 Å². The molecule has 0 bridgehead atoms. The number of rotatable bonds is 5. The van der Waals surface area contributed by atoms with E-state index >= 15 is 0 Å². The molecule has 0 fully saturated rings. The Kier molecular flexibility index (Phi) is 5.08. The average Bonchev–Trinajstić information content (AvgIpc) is 3.19. The maximum absolute atomic E-state index is 13.3. The number of methoxy groups -OCH3 is 1. The van der Waals surface area contributed by atoms with Crippen LogP contribution >= 0.6 is 11.3 Å². The lowest BCUT2D eigenvalue weighted by molar-refractivity contribution is 0.0985. The van der Waals surface area contributed by atoms with Gasteiger partial charge in [0, 0.05) is 5.56 Å². The van der Waals surface area contributed by atoms with Crippen LogP contribution < -0.4 is 9.64 Å². The van der Waals surface area contributed by atoms with E-state index in [0.717, 1.165) is 27.1 Å². The number of nitrogens with zero attached hydrogens (tertiary/aromatic N) is 2. The van der Waals surface area contributed by atoms with E-state index in [2.05, 4.69) is 0 Å². The Labute approximate surface area is 168 Å². The second-order valence-corrected chi connectivity index (χ2v) is 7.48. The van der Waals surface area contributed by atoms with E-state index in [1.165, 1.54) is 11.3 Å². The summed E-state index contributed by atoms with van der Waals surface area (Å²) in [5.74, 6) is 0.648. The van der Waals surface area contributed by atoms with Crippen LogP contribution in [0.3, 0.4) is 0 Å². The van der Waals surface area contributed by atoms with Gasteiger partial charge in [0.1, 0.15) is 11.3 Å². The number of amides is 1. The second kappa shape index (κ2) is 7.82. The number of thiazole rings is 1. The fourth-order valence-corrected chi connectivity index (χ4v) is 4.16. The highest BCUT2D eigenvalue weighted by Crippen LogP contribution is 2.37. The van der Waals surface area contributed by atoms with Gasteiger partial charge in [-0.05, 0) is 36.2 Å². The molecule has 0 radical (unpaired) electrons. The Balaban J connectivity index is 1.82. The molecule has 4 nitrogen and oxygen atoms in total. The van der Waals surface area contributed by atoms with E-state index in [4.69, 9.17) is 9.72 Å². The third-order valence-electron chi connectivity index (χ3n) is 4.59. The van der Waals surface area contributed by atoms with Gasteiger partial charge in [-0.15, -0.1) is 0 Å². The van der Waals surface area contributed by atoms with Crippen molar-refractivity contribution in [3.8, 4) is 5.75 Å². The zero-order valence-electron chi connectivity index (χ0n) is 15.8. The monoisotopic (exact) mass is 388 g/mol. The number of carbonyl (C=O) groups is 1. The van der Waals surface area contributed by atoms with E-state index in [9.17, 15) is 4.79 Å². The van der Waals surface area contributed by atoms with Crippen molar-refractivity contribution in [2.75, 3.05) is 12.0 Å². The molecule has 0 saturated carbocycles. The summed E-state index contributed by atoms with van der Waals surface area (Å²) >= 11 is 1.52. The minimum Gasteiger partial charge on any atom is -0.494 e. The normalized spacial score (nSPS) is 10.8. The molecule has 4 rings (SSSR count). The van der Waals surface area contributed by atoms with Gasteiger partial charge in [-0.25, -0.2) is 4.98 Å². The first-order chi connectivity index (χ1) is 13.7. The van der Waals surface area contributed by atoms with E-state index < -0.39 is 0 Å². The Bertz CT molecular complexity index is 1110. The van der Waals surface area contributed by atoms with Crippen molar-refractivity contribution < 1.29 is 9.53 Å². The second-order valence-electron chi connectivity index (χ2n) is 6.50. The van der Waals surface area contributed by atoms with E-state index in [1.807, 2.05) is 79.7 Å². The van der Waals surface area contributed by atoms with Crippen LogP contribution in [0.15, 0.2) is 72.8 Å². The van der Waals surface area contributed by atoms with Crippen LogP contribution in [0.25, 0.3) is 10.2 Å². The molecule has 0 N–H and O–H groups in total. The molecule has 3 aromatic carbocycles. The molecule has 5 heteroatoms. The van der Waals surface area contributed by atoms with Gasteiger partial charge in [-0.3, -0.25) is 9.69 Å². The molecule has 28 heavy (non-hydrogen) atoms. The van der Waals surface area contributed by atoms with Crippen molar-refractivity contribution >= 4 is 32.6 Å². The molecular weight excluding hydrogens is 368 g/mol. The summed E-state index contributed by atoms with van der Waals surface area (Å²) in [4.78, 5) is 19.9. The third-order valence-corrected chi connectivity index (χ3v) is 5.81. The SMILES string of the molecule is COc1ccc(C)c2sc(N(Cc3ccccc3)C(=O)c3ccccc3)nc12. The van der Waals surface area contributed by atoms with Crippen molar-refractivity contribution in [2.45, 2.75) is 13.5 Å². The molecule has 4 aromatic rings. The predicted molar refractivity (Wildman–Crippen MR) is 114 cm³/mol. The molecule has 1 aromatic heterocycles. The molecule has 0 aliphatic carbocycles. The quantitative estimate of drug-likeness (QED) is 0.456. The molecule has 0 aliphatic rings. The van der Waals surface area contributed by atoms with Crippen molar-refractivity contribution in [1.82, 2.24) is 4.98 Å². The van der Waals surface area contributed by atoms with E-state index in [-0.39, 0.29) is 5.91 Å². The van der Waals surface area contributed by atoms with E-state index in [0.29, 0.717) is 17.2 Å². The van der Waals surface area contributed by atoms with Crippen LogP contribution in [0.1, 0.15) is 21.5 Å². The molecule has 0 unspecified atom stereocenters. The summed E-state index contributed by atoms with van der Waals surface area (Å²) in [5.41, 5.74) is 3.60. The molecule has 0 saturated heterocycles. The van der Waals surface area contributed by atoms with Gasteiger partial charge in [0.2, 0.25) is 0 Å². The average molecular weight is 388 g/mol. The lowest BCUT2D eigenvalue weighted by Crippen LogP contribution is -2.30. The molecule has 140 valence electrons. The molecule has 0 spiro atoms. The van der Waals surface area contributed by atoms with Gasteiger partial charge in [-0.2, -0.15) is 0 Å². The minimum atomic E-state index is -0.0693. The summed E-state index contributed by atoms with van der Waals surface area (Å²) in [5, 5.41) is 0.667. The molecule has 1 amide bonds. The van der Waals surface area contributed by atoms with Crippen LogP contribution in [0.4, 0.5) is 5.13 Å². The van der Waals surface area contributed by atoms with Crippen LogP contribution in [0.2, 0.25) is 0 Å². The highest BCUT2D eigenvalue weighted by molar-refractivity contribution is 7.22. The zero-order valence-corrected chi connectivity index (χ0v) is 16.6. The molecular formula is C23H20N2O2S. The lowest BCUT2D eigenvalue weighted by atomic mass is 10.1. The number of carbonyl (C=O) groups excluding carboxylic acids is 1. The standard InChI is InChI=1S/C23H20N2O2S/c1-16-13-14-19(27-2)20-21(16)28-23(24-20)25(15-17-9-5-3-6-10-17)22(26)18-11-7-4-8-12-18/h3-14H,15H2,1-2H3. The van der Waals surface area contributed by atoms with Crippen molar-refractivity contribution in [3.63, 3.8) is 0 Å². The zero-order chi connectivity index (χ0) is 19.5. The summed E-state index contributed by atoms with van der Waals surface area (Å²) < 4.78 is 6.52. The Morgan fingerprint density at radius 3 is 2.36 bits per heavy atom. The van der Waals surface area contributed by atoms with Crippen molar-refractivity contribution in [3.05, 3.63) is 89.5 Å². The van der Waals surface area contributed by atoms with Crippen molar-refractivity contribution in [2.24, 2.45) is 0 Å². The number of ether oxygens (including phenoxy) is 1. The number of hydrogen-bond donors (Lipinski definition) is 0. The maximum atomic E-state index is 13.3. The Morgan fingerprint density at radius 1 is 1.00 bits per heavy atom. The van der Waals surface area contributed by atoms with Gasteiger partial charge >= 0.3 is 0 Å². The fourth-order valence-electron chi connectivity index (χ4n) is 3.11. The largest absolute Gasteiger partial charge is 0.494 e. The van der Waals surface area contributed by atoms with E-state index in [1.54, 1.807) is 12.0 Å². The number of aromatic nitrogens is 1. The predicted octanol–water partition coefficient (Wildman–Crippen LogP) is 5.46. The van der Waals surface area contributed by atoms with Gasteiger partial charge in [0.05, 0.1) is 18.4 Å². The maximum Gasteiger partial charge on any atom is 0.260 e. The number of aryl methyl sites for hydroxylation is 1. The van der Waals surface area contributed by atoms with Crippen LogP contribution in [-0.4, -0.2) is 18.0 Å². The fraction of sp³-hybridized carbons (Fsp3) is 0.130. The summed E-state index contributed by atoms with van der Waals surface area (Å²) in [6.07, 6.45) is 0. The Hall–Kier alpha value is -3.18. The molecule has 1 heterocycles. The summed E-state index contributed by atoms with van der Waals surface area (Å²) in [7, 11) is 1.64. The lowest BCUT2D eigenvalue weighted by Gasteiger charge is -2.20. The van der Waals surface area contributed by atoms with Crippen LogP contribution in [0.5, 0.6) is 5.75 Å². The van der Waals surface area contributed by atoms with Crippen molar-refractivity contribution in [1.29, 1.82) is 0 Å². The highest BCUT2D eigenvalue weighted by Gasteiger charge is 2.23. The smallest absolute Gasteiger partial charge is 0.260 e. The van der Waals surface area contributed by atoms with Crippen LogP contribution in [0, 0.1) is 6.92 Å². The topological polar surface area (TPSA) is 42.4 Å². The van der Waals surface area contributed by atoms with Gasteiger partial charge in [0.15, 0.2) is 5.13 Å². The first-order valence-electron chi connectivity index (χ1n) is 9.02. The van der Waals surface area contributed by atoms with Gasteiger partial charge in [-0.1, -0.05) is 65.9 Å². The van der Waals surface area contributed by atoms with Gasteiger partial charge in [0.25, 0.3) is 5.91 Å². The third kappa shape index (κ3) is 3.49. The highest BCUT2D eigenvalue weighted by atomic mass is 32.1. The Morgan fingerprint density at radius 2 is 1.68 bits per heavy atom. The molecule has 0 aliphatic heterocycles. The summed E-state index contributed by atoms with van der Waals surface area (Å²) in [6.45, 7) is 2.50. The number of anilines is 1. The number of hydrogen-bond acceptors (Lipinski definition) is 4. The first kappa shape index (κ1) is 18.2. The number of benzene rings is 3. The first-order valence-corrected chi connectivity index (χ1v) is 9.84. The summed E-state index contributed by atoms with van der Waals surface area (Å²) in [6, 6.07) is 23.2. The minimum absolute atomic E-state index is 0.0693. The van der Waals surface area contributed by atoms with Gasteiger partial charge < -0.3 is 4.74 Å².